The molecule has 0 aliphatic rings. The van der Waals surface area contributed by atoms with Gasteiger partial charge in [-0.3, -0.25) is 0 Å². The number of methoxy groups -OCH3 is 2. The molecule has 0 saturated heterocycles. The van der Waals surface area contributed by atoms with E-state index in [1.807, 2.05) is 43.4 Å². The SMILES string of the molecule is CNC(COc1cc(OC)cc(OC)c1)c1ccccc1. The highest BCUT2D eigenvalue weighted by Gasteiger charge is 2.10. The van der Waals surface area contributed by atoms with Crippen LogP contribution in [-0.4, -0.2) is 27.9 Å². The van der Waals surface area contributed by atoms with Crippen molar-refractivity contribution in [3.8, 4) is 17.2 Å². The summed E-state index contributed by atoms with van der Waals surface area (Å²) in [5.74, 6) is 2.15. The van der Waals surface area contributed by atoms with Crippen molar-refractivity contribution in [2.75, 3.05) is 27.9 Å². The van der Waals surface area contributed by atoms with Gasteiger partial charge in [-0.25, -0.2) is 0 Å². The van der Waals surface area contributed by atoms with Gasteiger partial charge in [-0.05, 0) is 12.6 Å². The normalized spacial score (nSPS) is 11.8. The molecule has 0 aliphatic carbocycles. The average Bonchev–Trinajstić information content (AvgIpc) is 2.56. The zero-order chi connectivity index (χ0) is 15.1. The molecule has 21 heavy (non-hydrogen) atoms. The molecule has 1 N–H and O–H groups in total. The first-order chi connectivity index (χ1) is 10.3. The maximum Gasteiger partial charge on any atom is 0.126 e. The second kappa shape index (κ2) is 7.55. The van der Waals surface area contributed by atoms with Crippen LogP contribution >= 0.6 is 0 Å². The van der Waals surface area contributed by atoms with Crippen LogP contribution in [-0.2, 0) is 0 Å². The molecule has 0 aromatic heterocycles. The lowest BCUT2D eigenvalue weighted by molar-refractivity contribution is 0.270. The summed E-state index contributed by atoms with van der Waals surface area (Å²) in [5, 5.41) is 3.26. The lowest BCUT2D eigenvalue weighted by Gasteiger charge is -2.18. The summed E-state index contributed by atoms with van der Waals surface area (Å²) in [4.78, 5) is 0. The summed E-state index contributed by atoms with van der Waals surface area (Å²) in [6.45, 7) is 0.525. The molecule has 0 fully saturated rings. The zero-order valence-electron chi connectivity index (χ0n) is 12.6. The van der Waals surface area contributed by atoms with Crippen LogP contribution in [0.3, 0.4) is 0 Å². The fourth-order valence-electron chi connectivity index (χ4n) is 2.08. The van der Waals surface area contributed by atoms with Crippen molar-refractivity contribution in [2.24, 2.45) is 0 Å². The summed E-state index contributed by atoms with van der Waals surface area (Å²) in [7, 11) is 5.17. The lowest BCUT2D eigenvalue weighted by Crippen LogP contribution is -2.23. The highest BCUT2D eigenvalue weighted by atomic mass is 16.5. The second-order valence-electron chi connectivity index (χ2n) is 4.61. The van der Waals surface area contributed by atoms with E-state index in [9.17, 15) is 0 Å². The van der Waals surface area contributed by atoms with Crippen molar-refractivity contribution in [1.82, 2.24) is 5.32 Å². The van der Waals surface area contributed by atoms with Crippen LogP contribution in [0.2, 0.25) is 0 Å². The molecule has 0 heterocycles. The number of nitrogens with one attached hydrogen (secondary N) is 1. The van der Waals surface area contributed by atoms with Crippen LogP contribution in [0, 0.1) is 0 Å². The maximum atomic E-state index is 5.88. The van der Waals surface area contributed by atoms with Crippen molar-refractivity contribution in [2.45, 2.75) is 6.04 Å². The first-order valence-corrected chi connectivity index (χ1v) is 6.85. The minimum Gasteiger partial charge on any atom is -0.496 e. The predicted molar refractivity (Wildman–Crippen MR) is 83.3 cm³/mol. The smallest absolute Gasteiger partial charge is 0.126 e. The van der Waals surface area contributed by atoms with Gasteiger partial charge in [0.05, 0.1) is 20.3 Å². The Morgan fingerprint density at radius 2 is 1.48 bits per heavy atom. The van der Waals surface area contributed by atoms with Gasteiger partial charge in [0, 0.05) is 18.2 Å². The van der Waals surface area contributed by atoms with Crippen LogP contribution in [0.15, 0.2) is 48.5 Å². The van der Waals surface area contributed by atoms with Crippen molar-refractivity contribution in [1.29, 1.82) is 0 Å². The standard InChI is InChI=1S/C17H21NO3/c1-18-17(13-7-5-4-6-8-13)12-21-16-10-14(19-2)9-15(11-16)20-3/h4-11,17-18H,12H2,1-3H3. The molecule has 0 saturated carbocycles. The number of benzene rings is 2. The lowest BCUT2D eigenvalue weighted by atomic mass is 10.1. The largest absolute Gasteiger partial charge is 0.496 e. The Labute approximate surface area is 125 Å². The Morgan fingerprint density at radius 3 is 2.00 bits per heavy atom. The molecule has 0 radical (unpaired) electrons. The highest BCUT2D eigenvalue weighted by Crippen LogP contribution is 2.28. The van der Waals surface area contributed by atoms with E-state index in [1.54, 1.807) is 14.2 Å². The third-order valence-electron chi connectivity index (χ3n) is 3.29. The van der Waals surface area contributed by atoms with Gasteiger partial charge in [0.1, 0.15) is 23.9 Å². The maximum absolute atomic E-state index is 5.88. The summed E-state index contributed by atoms with van der Waals surface area (Å²) in [5.41, 5.74) is 1.19. The highest BCUT2D eigenvalue weighted by molar-refractivity contribution is 5.42. The monoisotopic (exact) mass is 287 g/mol. The fraction of sp³-hybridized carbons (Fsp3) is 0.294. The molecule has 4 heteroatoms. The van der Waals surface area contributed by atoms with Crippen LogP contribution < -0.4 is 19.5 Å². The van der Waals surface area contributed by atoms with E-state index in [0.717, 1.165) is 5.75 Å². The Hall–Kier alpha value is -2.20. The van der Waals surface area contributed by atoms with Gasteiger partial charge >= 0.3 is 0 Å². The Balaban J connectivity index is 2.07. The predicted octanol–water partition coefficient (Wildman–Crippen LogP) is 3.04. The minimum absolute atomic E-state index is 0.128. The van der Waals surface area contributed by atoms with Gasteiger partial charge in [0.25, 0.3) is 0 Å². The average molecular weight is 287 g/mol. The molecule has 0 aliphatic heterocycles. The van der Waals surface area contributed by atoms with E-state index in [0.29, 0.717) is 18.1 Å². The van der Waals surface area contributed by atoms with Crippen molar-refractivity contribution in [3.05, 3.63) is 54.1 Å². The molecular weight excluding hydrogens is 266 g/mol. The summed E-state index contributed by atoms with van der Waals surface area (Å²) >= 11 is 0. The van der Waals surface area contributed by atoms with Crippen LogP contribution in [0.4, 0.5) is 0 Å². The van der Waals surface area contributed by atoms with Crippen molar-refractivity contribution < 1.29 is 14.2 Å². The number of ether oxygens (including phenoxy) is 3. The molecule has 0 bridgehead atoms. The number of hydrogen-bond donors (Lipinski definition) is 1. The molecule has 4 nitrogen and oxygen atoms in total. The summed E-state index contributed by atoms with van der Waals surface area (Å²) < 4.78 is 16.4. The molecule has 2 aromatic carbocycles. The van der Waals surface area contributed by atoms with E-state index in [1.165, 1.54) is 5.56 Å². The van der Waals surface area contributed by atoms with Crippen molar-refractivity contribution in [3.63, 3.8) is 0 Å². The Kier molecular flexibility index (Phi) is 5.46. The minimum atomic E-state index is 0.128. The molecule has 1 atom stereocenters. The van der Waals surface area contributed by atoms with Crippen LogP contribution in [0.25, 0.3) is 0 Å². The summed E-state index contributed by atoms with van der Waals surface area (Å²) in [6.07, 6.45) is 0. The van der Waals surface area contributed by atoms with Gasteiger partial charge in [0.2, 0.25) is 0 Å². The molecular formula is C17H21NO3. The third-order valence-corrected chi connectivity index (χ3v) is 3.29. The Bertz CT molecular complexity index is 535. The number of rotatable bonds is 7. The van der Waals surface area contributed by atoms with E-state index < -0.39 is 0 Å². The van der Waals surface area contributed by atoms with E-state index >= 15 is 0 Å². The van der Waals surface area contributed by atoms with Crippen molar-refractivity contribution >= 4 is 0 Å². The quantitative estimate of drug-likeness (QED) is 0.849. The first kappa shape index (κ1) is 15.2. The van der Waals surface area contributed by atoms with Gasteiger partial charge in [-0.2, -0.15) is 0 Å². The third kappa shape index (κ3) is 4.13. The topological polar surface area (TPSA) is 39.7 Å². The number of likely N-dealkylation sites (N-methyl/N-ethyl adjacent to an activating group) is 1. The summed E-state index contributed by atoms with van der Waals surface area (Å²) in [6, 6.07) is 15.9. The van der Waals surface area contributed by atoms with Crippen LogP contribution in [0.1, 0.15) is 11.6 Å². The van der Waals surface area contributed by atoms with E-state index in [4.69, 9.17) is 14.2 Å². The molecule has 0 spiro atoms. The van der Waals surface area contributed by atoms with E-state index in [-0.39, 0.29) is 6.04 Å². The van der Waals surface area contributed by atoms with Gasteiger partial charge in [-0.1, -0.05) is 30.3 Å². The van der Waals surface area contributed by atoms with E-state index in [2.05, 4.69) is 17.4 Å². The molecule has 1 unspecified atom stereocenters. The zero-order valence-corrected chi connectivity index (χ0v) is 12.6. The van der Waals surface area contributed by atoms with Gasteiger partial charge < -0.3 is 19.5 Å². The molecule has 2 aromatic rings. The van der Waals surface area contributed by atoms with Gasteiger partial charge in [-0.15, -0.1) is 0 Å². The van der Waals surface area contributed by atoms with Crippen LogP contribution in [0.5, 0.6) is 17.2 Å². The Morgan fingerprint density at radius 1 is 0.905 bits per heavy atom. The second-order valence-corrected chi connectivity index (χ2v) is 4.61. The fourth-order valence-corrected chi connectivity index (χ4v) is 2.08. The number of hydrogen-bond acceptors (Lipinski definition) is 4. The molecule has 0 amide bonds. The van der Waals surface area contributed by atoms with Gasteiger partial charge in [0.15, 0.2) is 0 Å². The first-order valence-electron chi connectivity index (χ1n) is 6.85. The molecule has 2 rings (SSSR count). The molecule has 112 valence electrons.